The molecule has 1 heterocycles. The maximum absolute atomic E-state index is 10.8. The molecule has 1 amide bonds. The van der Waals surface area contributed by atoms with Crippen LogP contribution in [0.4, 0.5) is 0 Å². The summed E-state index contributed by atoms with van der Waals surface area (Å²) in [4.78, 5) is 13.1. The Bertz CT molecular complexity index is 207. The van der Waals surface area contributed by atoms with E-state index in [9.17, 15) is 4.79 Å². The largest absolute Gasteiger partial charge is 0.370 e. The van der Waals surface area contributed by atoms with Gasteiger partial charge in [-0.2, -0.15) is 0 Å². The number of carbonyl (C=O) groups is 1. The first-order valence-corrected chi connectivity index (χ1v) is 4.70. The van der Waals surface area contributed by atoms with Crippen LogP contribution in [0.5, 0.6) is 0 Å². The van der Waals surface area contributed by atoms with Gasteiger partial charge in [-0.05, 0) is 25.9 Å². The fraction of sp³-hybridized carbons (Fsp3) is 0.889. The summed E-state index contributed by atoms with van der Waals surface area (Å²) in [6.45, 7) is 3.98. The van der Waals surface area contributed by atoms with Crippen molar-refractivity contribution >= 4 is 5.91 Å². The maximum Gasteiger partial charge on any atom is 0.219 e. The van der Waals surface area contributed by atoms with Gasteiger partial charge in [-0.3, -0.25) is 4.79 Å². The van der Waals surface area contributed by atoms with Gasteiger partial charge in [-0.15, -0.1) is 0 Å². The average molecular weight is 185 g/mol. The highest BCUT2D eigenvalue weighted by Gasteiger charge is 2.37. The first-order valence-electron chi connectivity index (χ1n) is 4.70. The third kappa shape index (κ3) is 2.42. The zero-order valence-corrected chi connectivity index (χ0v) is 8.42. The molecule has 76 valence electrons. The normalized spacial score (nSPS) is 36.1. The van der Waals surface area contributed by atoms with Crippen LogP contribution >= 0.6 is 0 Å². The summed E-state index contributed by atoms with van der Waals surface area (Å²) < 4.78 is 0. The summed E-state index contributed by atoms with van der Waals surface area (Å²) in [5, 5.41) is 0. The molecule has 0 aliphatic carbocycles. The molecule has 0 aromatic carbocycles. The van der Waals surface area contributed by atoms with Gasteiger partial charge < -0.3 is 16.4 Å². The molecule has 0 bridgehead atoms. The minimum Gasteiger partial charge on any atom is -0.370 e. The van der Waals surface area contributed by atoms with Crippen molar-refractivity contribution in [2.45, 2.75) is 25.3 Å². The van der Waals surface area contributed by atoms with Gasteiger partial charge in [-0.25, -0.2) is 0 Å². The standard InChI is InChI=1S/C9H19N3O/c1-7-6-12(2)4-3-9(7,11)5-8(10)13/h7H,3-6,11H2,1-2H3,(H2,10,13). The molecule has 2 unspecified atom stereocenters. The zero-order chi connectivity index (χ0) is 10.1. The predicted octanol–water partition coefficient (Wildman–Crippen LogP) is -0.469. The molecule has 1 aliphatic rings. The van der Waals surface area contributed by atoms with Crippen molar-refractivity contribution in [1.29, 1.82) is 0 Å². The Hall–Kier alpha value is -0.610. The molecule has 0 aromatic rings. The van der Waals surface area contributed by atoms with Gasteiger partial charge in [0.1, 0.15) is 0 Å². The number of rotatable bonds is 2. The highest BCUT2D eigenvalue weighted by Crippen LogP contribution is 2.27. The van der Waals surface area contributed by atoms with Gasteiger partial charge >= 0.3 is 0 Å². The van der Waals surface area contributed by atoms with Gasteiger partial charge in [0.15, 0.2) is 0 Å². The maximum atomic E-state index is 10.8. The fourth-order valence-corrected chi connectivity index (χ4v) is 1.97. The smallest absolute Gasteiger partial charge is 0.219 e. The van der Waals surface area contributed by atoms with Crippen molar-refractivity contribution in [1.82, 2.24) is 4.90 Å². The van der Waals surface area contributed by atoms with Crippen LogP contribution in [-0.4, -0.2) is 36.5 Å². The van der Waals surface area contributed by atoms with Crippen LogP contribution in [0.2, 0.25) is 0 Å². The van der Waals surface area contributed by atoms with Crippen LogP contribution in [0.15, 0.2) is 0 Å². The number of likely N-dealkylation sites (tertiary alicyclic amines) is 1. The molecule has 0 aromatic heterocycles. The van der Waals surface area contributed by atoms with Crippen LogP contribution < -0.4 is 11.5 Å². The van der Waals surface area contributed by atoms with Crippen molar-refractivity contribution < 1.29 is 4.79 Å². The Morgan fingerprint density at radius 1 is 1.69 bits per heavy atom. The lowest BCUT2D eigenvalue weighted by Crippen LogP contribution is -2.57. The first kappa shape index (κ1) is 10.5. The van der Waals surface area contributed by atoms with Crippen LogP contribution in [0.25, 0.3) is 0 Å². The lowest BCUT2D eigenvalue weighted by Gasteiger charge is -2.42. The minimum absolute atomic E-state index is 0.293. The van der Waals surface area contributed by atoms with Crippen molar-refractivity contribution in [2.24, 2.45) is 17.4 Å². The minimum atomic E-state index is -0.377. The summed E-state index contributed by atoms with van der Waals surface area (Å²) in [6.07, 6.45) is 1.16. The quantitative estimate of drug-likeness (QED) is 0.611. The van der Waals surface area contributed by atoms with Crippen LogP contribution in [0.1, 0.15) is 19.8 Å². The van der Waals surface area contributed by atoms with E-state index in [1.165, 1.54) is 0 Å². The Kier molecular flexibility index (Phi) is 2.93. The molecule has 1 saturated heterocycles. The van der Waals surface area contributed by atoms with Gasteiger partial charge in [0, 0.05) is 18.5 Å². The summed E-state index contributed by atoms with van der Waals surface area (Å²) >= 11 is 0. The number of nitrogens with zero attached hydrogens (tertiary/aromatic N) is 1. The van der Waals surface area contributed by atoms with Crippen LogP contribution in [-0.2, 0) is 4.79 Å². The molecule has 1 aliphatic heterocycles. The third-order valence-electron chi connectivity index (χ3n) is 3.03. The fourth-order valence-electron chi connectivity index (χ4n) is 1.97. The van der Waals surface area contributed by atoms with Crippen molar-refractivity contribution in [2.75, 3.05) is 20.1 Å². The number of carbonyl (C=O) groups excluding carboxylic acids is 1. The molecule has 13 heavy (non-hydrogen) atoms. The molecule has 4 heteroatoms. The van der Waals surface area contributed by atoms with Gasteiger partial charge in [0.05, 0.1) is 0 Å². The number of piperidine rings is 1. The highest BCUT2D eigenvalue weighted by atomic mass is 16.1. The van der Waals surface area contributed by atoms with E-state index in [0.717, 1.165) is 19.5 Å². The second-order valence-corrected chi connectivity index (χ2v) is 4.29. The molecule has 2 atom stereocenters. The summed E-state index contributed by atoms with van der Waals surface area (Å²) in [7, 11) is 2.07. The van der Waals surface area contributed by atoms with E-state index in [1.807, 2.05) is 0 Å². The zero-order valence-electron chi connectivity index (χ0n) is 8.42. The number of primary amides is 1. The second kappa shape index (κ2) is 3.64. The lowest BCUT2D eigenvalue weighted by atomic mass is 9.77. The van der Waals surface area contributed by atoms with Gasteiger partial charge in [0.25, 0.3) is 0 Å². The first-order chi connectivity index (χ1) is 5.94. The summed E-state index contributed by atoms with van der Waals surface area (Å²) in [5.41, 5.74) is 10.9. The van der Waals surface area contributed by atoms with E-state index in [-0.39, 0.29) is 11.4 Å². The van der Waals surface area contributed by atoms with Crippen LogP contribution in [0.3, 0.4) is 0 Å². The van der Waals surface area contributed by atoms with E-state index in [1.54, 1.807) is 0 Å². The monoisotopic (exact) mass is 185 g/mol. The Labute approximate surface area is 79.3 Å². The molecule has 1 fully saturated rings. The molecule has 4 N–H and O–H groups in total. The molecule has 0 saturated carbocycles. The Balaban J connectivity index is 2.61. The molecule has 4 nitrogen and oxygen atoms in total. The summed E-state index contributed by atoms with van der Waals surface area (Å²) in [6, 6.07) is 0. The van der Waals surface area contributed by atoms with E-state index in [2.05, 4.69) is 18.9 Å². The van der Waals surface area contributed by atoms with Gasteiger partial charge in [0.2, 0.25) is 5.91 Å². The number of nitrogens with two attached hydrogens (primary N) is 2. The van der Waals surface area contributed by atoms with Gasteiger partial charge in [-0.1, -0.05) is 6.92 Å². The van der Waals surface area contributed by atoms with Crippen molar-refractivity contribution in [3.63, 3.8) is 0 Å². The molecule has 1 rings (SSSR count). The van der Waals surface area contributed by atoms with Crippen LogP contribution in [0, 0.1) is 5.92 Å². The molecule has 0 spiro atoms. The Morgan fingerprint density at radius 2 is 2.31 bits per heavy atom. The average Bonchev–Trinajstić information content (AvgIpc) is 1.97. The second-order valence-electron chi connectivity index (χ2n) is 4.29. The number of hydrogen-bond donors (Lipinski definition) is 2. The van der Waals surface area contributed by atoms with E-state index in [0.29, 0.717) is 12.3 Å². The number of amides is 1. The third-order valence-corrected chi connectivity index (χ3v) is 3.03. The van der Waals surface area contributed by atoms with E-state index >= 15 is 0 Å². The number of hydrogen-bond acceptors (Lipinski definition) is 3. The SMILES string of the molecule is CC1CN(C)CCC1(N)CC(N)=O. The topological polar surface area (TPSA) is 72.3 Å². The molecular formula is C9H19N3O. The molecular weight excluding hydrogens is 166 g/mol. The molecule has 0 radical (unpaired) electrons. The summed E-state index contributed by atoms with van der Waals surface area (Å²) in [5.74, 6) is 0.0395. The van der Waals surface area contributed by atoms with E-state index < -0.39 is 0 Å². The highest BCUT2D eigenvalue weighted by molar-refractivity contribution is 5.75. The Morgan fingerprint density at radius 3 is 2.77 bits per heavy atom. The van der Waals surface area contributed by atoms with Crippen molar-refractivity contribution in [3.05, 3.63) is 0 Å². The lowest BCUT2D eigenvalue weighted by molar-refractivity contribution is -0.120. The predicted molar refractivity (Wildman–Crippen MR) is 52.0 cm³/mol. The van der Waals surface area contributed by atoms with E-state index in [4.69, 9.17) is 11.5 Å². The van der Waals surface area contributed by atoms with Crippen molar-refractivity contribution in [3.8, 4) is 0 Å².